The second kappa shape index (κ2) is 4.52. The molecule has 0 heteroatoms. The third-order valence-electron chi connectivity index (χ3n) is 3.23. The lowest BCUT2D eigenvalue weighted by Gasteiger charge is -2.06. The molecule has 0 N–H and O–H groups in total. The highest BCUT2D eigenvalue weighted by Gasteiger charge is 2.20. The molecule has 1 aromatic carbocycles. The van der Waals surface area contributed by atoms with Crippen LogP contribution in [0.15, 0.2) is 54.6 Å². The maximum absolute atomic E-state index is 4.22. The third kappa shape index (κ3) is 1.76. The summed E-state index contributed by atoms with van der Waals surface area (Å²) in [4.78, 5) is 0. The highest BCUT2D eigenvalue weighted by Crippen LogP contribution is 2.38. The van der Waals surface area contributed by atoms with Crippen molar-refractivity contribution in [3.8, 4) is 0 Å². The van der Waals surface area contributed by atoms with Crippen molar-refractivity contribution in [1.29, 1.82) is 0 Å². The molecule has 0 spiro atoms. The second-order valence-corrected chi connectivity index (χ2v) is 4.27. The minimum Gasteiger partial charge on any atom is -0.0988 e. The van der Waals surface area contributed by atoms with Gasteiger partial charge in [-0.3, -0.25) is 0 Å². The van der Waals surface area contributed by atoms with Gasteiger partial charge in [-0.25, -0.2) is 0 Å². The number of hydrogen-bond acceptors (Lipinski definition) is 0. The Kier molecular flexibility index (Phi) is 3.09. The average molecular weight is 210 g/mol. The number of fused-ring (bicyclic) bond motifs is 1. The number of benzene rings is 1. The van der Waals surface area contributed by atoms with Crippen LogP contribution in [0.4, 0.5) is 0 Å². The van der Waals surface area contributed by atoms with E-state index in [2.05, 4.69) is 44.3 Å². The molecule has 0 bridgehead atoms. The van der Waals surface area contributed by atoms with Crippen molar-refractivity contribution in [2.45, 2.75) is 26.2 Å². The molecule has 0 aliphatic heterocycles. The van der Waals surface area contributed by atoms with Gasteiger partial charge in [-0.15, -0.1) is 0 Å². The molecule has 0 amide bonds. The molecule has 0 saturated carbocycles. The number of allylic oxidation sites excluding steroid dienone is 4. The Morgan fingerprint density at radius 1 is 1.38 bits per heavy atom. The van der Waals surface area contributed by atoms with Crippen LogP contribution < -0.4 is 0 Å². The van der Waals surface area contributed by atoms with Crippen molar-refractivity contribution >= 4 is 5.57 Å². The molecule has 0 unspecified atom stereocenters. The molecule has 0 saturated heterocycles. The Labute approximate surface area is 98.0 Å². The molecule has 0 aromatic heterocycles. The summed E-state index contributed by atoms with van der Waals surface area (Å²) in [5.41, 5.74) is 6.66. The highest BCUT2D eigenvalue weighted by atomic mass is 14.2. The second-order valence-electron chi connectivity index (χ2n) is 4.27. The van der Waals surface area contributed by atoms with E-state index in [4.69, 9.17) is 0 Å². The van der Waals surface area contributed by atoms with Gasteiger partial charge >= 0.3 is 0 Å². The molecule has 0 atom stereocenters. The van der Waals surface area contributed by atoms with E-state index >= 15 is 0 Å². The van der Waals surface area contributed by atoms with Gasteiger partial charge < -0.3 is 0 Å². The van der Waals surface area contributed by atoms with E-state index in [1.807, 2.05) is 6.08 Å². The average Bonchev–Trinajstić information content (AvgIpc) is 2.64. The minimum absolute atomic E-state index is 1.02. The lowest BCUT2D eigenvalue weighted by molar-refractivity contribution is 0.915. The van der Waals surface area contributed by atoms with Crippen LogP contribution in [-0.4, -0.2) is 0 Å². The van der Waals surface area contributed by atoms with Gasteiger partial charge in [-0.05, 0) is 40.7 Å². The number of rotatable bonds is 3. The van der Waals surface area contributed by atoms with Gasteiger partial charge in [0.15, 0.2) is 0 Å². The Balaban J connectivity index is 2.44. The smallest absolute Gasteiger partial charge is 0.00109 e. The largest absolute Gasteiger partial charge is 0.0988 e. The summed E-state index contributed by atoms with van der Waals surface area (Å²) < 4.78 is 0. The van der Waals surface area contributed by atoms with E-state index in [-0.39, 0.29) is 0 Å². The van der Waals surface area contributed by atoms with Crippen LogP contribution in [0.3, 0.4) is 0 Å². The van der Waals surface area contributed by atoms with Crippen LogP contribution in [0, 0.1) is 0 Å². The summed E-state index contributed by atoms with van der Waals surface area (Å²) in [6.45, 7) is 10.3. The lowest BCUT2D eigenvalue weighted by Crippen LogP contribution is -1.88. The van der Waals surface area contributed by atoms with Gasteiger partial charge in [0, 0.05) is 0 Å². The molecule has 1 aliphatic carbocycles. The first kappa shape index (κ1) is 10.9. The van der Waals surface area contributed by atoms with Crippen LogP contribution in [0.1, 0.15) is 30.9 Å². The zero-order chi connectivity index (χ0) is 11.5. The molecule has 1 aromatic rings. The van der Waals surface area contributed by atoms with Crippen LogP contribution in [0.2, 0.25) is 0 Å². The Bertz CT molecular complexity index is 461. The fourth-order valence-electron chi connectivity index (χ4n) is 2.38. The predicted molar refractivity (Wildman–Crippen MR) is 71.3 cm³/mol. The zero-order valence-electron chi connectivity index (χ0n) is 9.92. The van der Waals surface area contributed by atoms with E-state index in [1.165, 1.54) is 27.8 Å². The van der Waals surface area contributed by atoms with Crippen molar-refractivity contribution in [3.63, 3.8) is 0 Å². The molecule has 16 heavy (non-hydrogen) atoms. The summed E-state index contributed by atoms with van der Waals surface area (Å²) in [6.07, 6.45) is 5.28. The minimum atomic E-state index is 1.02. The quantitative estimate of drug-likeness (QED) is 0.687. The predicted octanol–water partition coefficient (Wildman–Crippen LogP) is 4.54. The van der Waals surface area contributed by atoms with Gasteiger partial charge in [-0.2, -0.15) is 0 Å². The normalized spacial score (nSPS) is 17.2. The van der Waals surface area contributed by atoms with Crippen LogP contribution in [0.25, 0.3) is 5.57 Å². The SMILES string of the molecule is C=C/C(CCC)=C1/Cc2ccccc2C1=C. The van der Waals surface area contributed by atoms with Crippen molar-refractivity contribution in [2.75, 3.05) is 0 Å². The topological polar surface area (TPSA) is 0 Å². The first-order chi connectivity index (χ1) is 7.77. The third-order valence-corrected chi connectivity index (χ3v) is 3.23. The maximum Gasteiger partial charge on any atom is -0.00109 e. The van der Waals surface area contributed by atoms with Gasteiger partial charge in [-0.1, -0.05) is 56.8 Å². The molecular weight excluding hydrogens is 192 g/mol. The molecule has 0 nitrogen and oxygen atoms in total. The van der Waals surface area contributed by atoms with Gasteiger partial charge in [0.1, 0.15) is 0 Å². The molecule has 0 heterocycles. The van der Waals surface area contributed by atoms with E-state index in [0.717, 1.165) is 19.3 Å². The van der Waals surface area contributed by atoms with Crippen LogP contribution >= 0.6 is 0 Å². The Morgan fingerprint density at radius 3 is 2.75 bits per heavy atom. The van der Waals surface area contributed by atoms with Crippen molar-refractivity contribution < 1.29 is 0 Å². The first-order valence-electron chi connectivity index (χ1n) is 5.90. The molecular formula is C16H18. The molecule has 0 fully saturated rings. The van der Waals surface area contributed by atoms with Gasteiger partial charge in [0.2, 0.25) is 0 Å². The lowest BCUT2D eigenvalue weighted by atomic mass is 9.98. The summed E-state index contributed by atoms with van der Waals surface area (Å²) in [7, 11) is 0. The monoisotopic (exact) mass is 210 g/mol. The van der Waals surface area contributed by atoms with Crippen molar-refractivity contribution in [3.05, 3.63) is 65.8 Å². The number of hydrogen-bond donors (Lipinski definition) is 0. The van der Waals surface area contributed by atoms with Crippen LogP contribution in [0.5, 0.6) is 0 Å². The summed E-state index contributed by atoms with van der Waals surface area (Å²) in [5, 5.41) is 0. The van der Waals surface area contributed by atoms with Gasteiger partial charge in [0.25, 0.3) is 0 Å². The standard InChI is InChI=1S/C16H18/c1-4-8-13(5-2)16-11-14-9-6-7-10-15(14)12(16)3/h5-7,9-10H,2-4,8,11H2,1H3/b16-13+. The van der Waals surface area contributed by atoms with E-state index in [1.54, 1.807) is 0 Å². The molecule has 82 valence electrons. The van der Waals surface area contributed by atoms with Crippen molar-refractivity contribution in [2.24, 2.45) is 0 Å². The highest BCUT2D eigenvalue weighted by molar-refractivity contribution is 5.85. The van der Waals surface area contributed by atoms with E-state index < -0.39 is 0 Å². The zero-order valence-corrected chi connectivity index (χ0v) is 9.92. The fraction of sp³-hybridized carbons (Fsp3) is 0.250. The molecule has 2 rings (SSSR count). The van der Waals surface area contributed by atoms with E-state index in [0.29, 0.717) is 0 Å². The summed E-state index contributed by atoms with van der Waals surface area (Å²) >= 11 is 0. The fourth-order valence-corrected chi connectivity index (χ4v) is 2.38. The summed E-state index contributed by atoms with van der Waals surface area (Å²) in [5.74, 6) is 0. The van der Waals surface area contributed by atoms with Crippen molar-refractivity contribution in [1.82, 2.24) is 0 Å². The first-order valence-corrected chi connectivity index (χ1v) is 5.90. The Hall–Kier alpha value is -1.56. The van der Waals surface area contributed by atoms with Gasteiger partial charge in [0.05, 0.1) is 0 Å². The maximum atomic E-state index is 4.22. The summed E-state index contributed by atoms with van der Waals surface area (Å²) in [6, 6.07) is 8.54. The Morgan fingerprint density at radius 2 is 2.12 bits per heavy atom. The van der Waals surface area contributed by atoms with Crippen LogP contribution in [-0.2, 0) is 6.42 Å². The van der Waals surface area contributed by atoms with E-state index in [9.17, 15) is 0 Å². The molecule has 1 aliphatic rings. The molecule has 0 radical (unpaired) electrons.